The first-order valence-corrected chi connectivity index (χ1v) is 5.75. The number of hydrogen-bond donors (Lipinski definition) is 1. The Morgan fingerprint density at radius 1 is 1.26 bits per heavy atom. The van der Waals surface area contributed by atoms with Crippen molar-refractivity contribution in [2.75, 3.05) is 7.05 Å². The van der Waals surface area contributed by atoms with Crippen molar-refractivity contribution in [1.29, 1.82) is 0 Å². The molecule has 0 aliphatic rings. The van der Waals surface area contributed by atoms with Crippen molar-refractivity contribution in [2.24, 2.45) is 7.05 Å². The Kier molecular flexibility index (Phi) is 3.61. The van der Waals surface area contributed by atoms with Gasteiger partial charge in [-0.25, -0.2) is 0 Å². The lowest BCUT2D eigenvalue weighted by Crippen LogP contribution is -2.18. The molecule has 1 N–H and O–H groups in total. The Morgan fingerprint density at radius 3 is 2.53 bits per heavy atom. The third-order valence-electron chi connectivity index (χ3n) is 2.89. The molecule has 3 nitrogen and oxygen atoms in total. The second-order valence-electron chi connectivity index (χ2n) is 4.29. The van der Waals surface area contributed by atoms with Crippen molar-refractivity contribution in [1.82, 2.24) is 15.1 Å². The Hall–Kier alpha value is -1.82. The molecule has 1 atom stereocenters. The predicted octanol–water partition coefficient (Wildman–Crippen LogP) is 2.75. The van der Waals surface area contributed by atoms with Crippen LogP contribution >= 0.6 is 0 Å². The van der Waals surface area contributed by atoms with E-state index < -0.39 is 11.7 Å². The molecule has 2 aromatic rings. The van der Waals surface area contributed by atoms with Crippen molar-refractivity contribution in [3.63, 3.8) is 0 Å². The molecule has 19 heavy (non-hydrogen) atoms. The monoisotopic (exact) mass is 269 g/mol. The maximum atomic E-state index is 12.7. The highest BCUT2D eigenvalue weighted by molar-refractivity contribution is 5.33. The van der Waals surface area contributed by atoms with Gasteiger partial charge in [-0.15, -0.1) is 0 Å². The number of rotatable bonds is 3. The third-order valence-corrected chi connectivity index (χ3v) is 2.89. The van der Waals surface area contributed by atoms with Crippen molar-refractivity contribution in [3.05, 3.63) is 53.3 Å². The minimum atomic E-state index is -4.33. The number of aryl methyl sites for hydroxylation is 1. The largest absolute Gasteiger partial charge is 0.416 e. The molecule has 0 saturated heterocycles. The van der Waals surface area contributed by atoms with Crippen molar-refractivity contribution in [3.8, 4) is 0 Å². The molecule has 1 heterocycles. The zero-order valence-corrected chi connectivity index (χ0v) is 10.6. The fourth-order valence-electron chi connectivity index (χ4n) is 2.01. The van der Waals surface area contributed by atoms with Crippen molar-refractivity contribution >= 4 is 0 Å². The second kappa shape index (κ2) is 5.05. The van der Waals surface area contributed by atoms with Gasteiger partial charge in [0.2, 0.25) is 0 Å². The van der Waals surface area contributed by atoms with Gasteiger partial charge in [0.15, 0.2) is 0 Å². The van der Waals surface area contributed by atoms with E-state index in [1.54, 1.807) is 37.2 Å². The summed E-state index contributed by atoms with van der Waals surface area (Å²) in [5.41, 5.74) is 0.740. The lowest BCUT2D eigenvalue weighted by molar-refractivity contribution is -0.137. The van der Waals surface area contributed by atoms with E-state index in [1.165, 1.54) is 6.07 Å². The average Bonchev–Trinajstić information content (AvgIpc) is 2.76. The molecule has 0 fully saturated rings. The highest BCUT2D eigenvalue weighted by atomic mass is 19.4. The molecule has 0 saturated carbocycles. The summed E-state index contributed by atoms with van der Waals surface area (Å²) in [7, 11) is 3.47. The normalized spacial score (nSPS) is 13.5. The molecule has 0 bridgehead atoms. The molecular formula is C13H14F3N3. The molecule has 1 aromatic heterocycles. The molecule has 6 heteroatoms. The van der Waals surface area contributed by atoms with Crippen LogP contribution in [0.15, 0.2) is 36.7 Å². The SMILES string of the molecule is CNC(c1cccc(C(F)(F)F)c1)c1cnn(C)c1. The Balaban J connectivity index is 2.39. The first kappa shape index (κ1) is 13.6. The average molecular weight is 269 g/mol. The fourth-order valence-corrected chi connectivity index (χ4v) is 2.01. The zero-order chi connectivity index (χ0) is 14.0. The number of halogens is 3. The smallest absolute Gasteiger partial charge is 0.309 e. The highest BCUT2D eigenvalue weighted by Crippen LogP contribution is 2.31. The van der Waals surface area contributed by atoms with Gasteiger partial charge < -0.3 is 5.32 Å². The summed E-state index contributed by atoms with van der Waals surface area (Å²) in [5.74, 6) is 0. The van der Waals surface area contributed by atoms with E-state index in [-0.39, 0.29) is 6.04 Å². The molecule has 1 unspecified atom stereocenters. The Morgan fingerprint density at radius 2 is 2.00 bits per heavy atom. The molecular weight excluding hydrogens is 255 g/mol. The minimum Gasteiger partial charge on any atom is -0.309 e. The van der Waals surface area contributed by atoms with Gasteiger partial charge in [-0.3, -0.25) is 4.68 Å². The molecule has 0 spiro atoms. The Bertz CT molecular complexity index is 560. The lowest BCUT2D eigenvalue weighted by atomic mass is 9.99. The second-order valence-corrected chi connectivity index (χ2v) is 4.29. The van der Waals surface area contributed by atoms with Gasteiger partial charge in [-0.2, -0.15) is 18.3 Å². The summed E-state index contributed by atoms with van der Waals surface area (Å²) in [6, 6.07) is 5.01. The van der Waals surface area contributed by atoms with Gasteiger partial charge in [0.25, 0.3) is 0 Å². The van der Waals surface area contributed by atoms with E-state index in [9.17, 15) is 13.2 Å². The summed E-state index contributed by atoms with van der Waals surface area (Å²) in [6.07, 6.45) is -0.911. The van der Waals surface area contributed by atoms with Crippen molar-refractivity contribution in [2.45, 2.75) is 12.2 Å². The van der Waals surface area contributed by atoms with Gasteiger partial charge >= 0.3 is 6.18 Å². The summed E-state index contributed by atoms with van der Waals surface area (Å²) in [6.45, 7) is 0. The Labute approximate surface area is 109 Å². The van der Waals surface area contributed by atoms with Crippen LogP contribution in [0, 0.1) is 0 Å². The number of hydrogen-bond acceptors (Lipinski definition) is 2. The van der Waals surface area contributed by atoms with Gasteiger partial charge in [0, 0.05) is 18.8 Å². The van der Waals surface area contributed by atoms with Gasteiger partial charge in [-0.05, 0) is 24.7 Å². The summed E-state index contributed by atoms with van der Waals surface area (Å²) < 4.78 is 39.7. The van der Waals surface area contributed by atoms with Crippen LogP contribution in [0.5, 0.6) is 0 Å². The number of nitrogens with zero attached hydrogens (tertiary/aromatic N) is 2. The summed E-state index contributed by atoms with van der Waals surface area (Å²) in [5, 5.41) is 7.04. The molecule has 2 rings (SSSR count). The topological polar surface area (TPSA) is 29.9 Å². The van der Waals surface area contributed by atoms with Gasteiger partial charge in [0.05, 0.1) is 17.8 Å². The van der Waals surface area contributed by atoms with Crippen LogP contribution in [0.25, 0.3) is 0 Å². The lowest BCUT2D eigenvalue weighted by Gasteiger charge is -2.16. The van der Waals surface area contributed by atoms with E-state index in [0.717, 1.165) is 17.7 Å². The van der Waals surface area contributed by atoms with Crippen LogP contribution in [0.3, 0.4) is 0 Å². The van der Waals surface area contributed by atoms with Crippen LogP contribution in [-0.4, -0.2) is 16.8 Å². The molecule has 0 aliphatic carbocycles. The van der Waals surface area contributed by atoms with Gasteiger partial charge in [0.1, 0.15) is 0 Å². The van der Waals surface area contributed by atoms with Crippen LogP contribution in [0.2, 0.25) is 0 Å². The van der Waals surface area contributed by atoms with E-state index in [0.29, 0.717) is 5.56 Å². The first-order valence-electron chi connectivity index (χ1n) is 5.75. The van der Waals surface area contributed by atoms with Gasteiger partial charge in [-0.1, -0.05) is 12.1 Å². The third kappa shape index (κ3) is 2.96. The highest BCUT2D eigenvalue weighted by Gasteiger charge is 2.31. The summed E-state index contributed by atoms with van der Waals surface area (Å²) >= 11 is 0. The van der Waals surface area contributed by atoms with E-state index >= 15 is 0 Å². The van der Waals surface area contributed by atoms with Crippen LogP contribution in [-0.2, 0) is 13.2 Å². The van der Waals surface area contributed by atoms with E-state index in [4.69, 9.17) is 0 Å². The zero-order valence-electron chi connectivity index (χ0n) is 10.6. The minimum absolute atomic E-state index is 0.309. The fraction of sp³-hybridized carbons (Fsp3) is 0.308. The number of alkyl halides is 3. The molecule has 0 aliphatic heterocycles. The molecule has 1 aromatic carbocycles. The van der Waals surface area contributed by atoms with Crippen molar-refractivity contribution < 1.29 is 13.2 Å². The maximum absolute atomic E-state index is 12.7. The van der Waals surface area contributed by atoms with Crippen LogP contribution < -0.4 is 5.32 Å². The van der Waals surface area contributed by atoms with E-state index in [2.05, 4.69) is 10.4 Å². The number of nitrogens with one attached hydrogen (secondary N) is 1. The van der Waals surface area contributed by atoms with Crippen LogP contribution in [0.1, 0.15) is 22.7 Å². The molecule has 102 valence electrons. The maximum Gasteiger partial charge on any atom is 0.416 e. The van der Waals surface area contributed by atoms with E-state index in [1.807, 2.05) is 0 Å². The van der Waals surface area contributed by atoms with Crippen LogP contribution in [0.4, 0.5) is 13.2 Å². The standard InChI is InChI=1S/C13H14F3N3/c1-17-12(10-7-18-19(2)8-10)9-4-3-5-11(6-9)13(14,15)16/h3-8,12,17H,1-2H3. The molecule has 0 radical (unpaired) electrons. The number of benzene rings is 1. The molecule has 0 amide bonds. The predicted molar refractivity (Wildman–Crippen MR) is 65.6 cm³/mol. The number of aromatic nitrogens is 2. The quantitative estimate of drug-likeness (QED) is 0.928. The summed E-state index contributed by atoms with van der Waals surface area (Å²) in [4.78, 5) is 0. The first-order chi connectivity index (χ1) is 8.91.